The van der Waals surface area contributed by atoms with Crippen LogP contribution in [0.15, 0.2) is 0 Å². The maximum Gasteiger partial charge on any atom is 0.157 e. The lowest BCUT2D eigenvalue weighted by atomic mass is 10.1. The molecule has 1 saturated heterocycles. The Labute approximate surface area is 118 Å². The summed E-state index contributed by atoms with van der Waals surface area (Å²) in [6, 6.07) is 0. The molecule has 1 N–H and O–H groups in total. The van der Waals surface area contributed by atoms with Crippen molar-refractivity contribution in [3.63, 3.8) is 0 Å². The van der Waals surface area contributed by atoms with E-state index in [0.29, 0.717) is 0 Å². The minimum Gasteiger partial charge on any atom is -0.393 e. The monoisotopic (exact) mass is 271 g/mol. The topological polar surface area (TPSA) is 38.7 Å². The Morgan fingerprint density at radius 2 is 2.00 bits per heavy atom. The fraction of sp³-hybridized carbons (Fsp3) is 0.938. The lowest BCUT2D eigenvalue weighted by Gasteiger charge is -2.22. The van der Waals surface area contributed by atoms with Crippen molar-refractivity contribution >= 4 is 0 Å². The second kappa shape index (κ2) is 11.7. The van der Waals surface area contributed by atoms with E-state index in [2.05, 4.69) is 0 Å². The van der Waals surface area contributed by atoms with Gasteiger partial charge in [0.1, 0.15) is 0 Å². The van der Waals surface area contributed by atoms with E-state index in [1.165, 1.54) is 32.1 Å². The van der Waals surface area contributed by atoms with Gasteiger partial charge in [-0.2, -0.15) is 0 Å². The summed E-state index contributed by atoms with van der Waals surface area (Å²) in [5.74, 6) is 0. The summed E-state index contributed by atoms with van der Waals surface area (Å²) in [5, 5.41) is 9.57. The second-order valence-corrected chi connectivity index (χ2v) is 5.52. The van der Waals surface area contributed by atoms with E-state index in [-0.39, 0.29) is 12.4 Å². The van der Waals surface area contributed by atoms with Crippen LogP contribution in [0.1, 0.15) is 71.1 Å². The Morgan fingerprint density at radius 3 is 2.74 bits per heavy atom. The van der Waals surface area contributed by atoms with Crippen LogP contribution in [0.2, 0.25) is 0 Å². The molecule has 0 aliphatic carbocycles. The van der Waals surface area contributed by atoms with E-state index >= 15 is 0 Å². The fourth-order valence-corrected chi connectivity index (χ4v) is 2.46. The first kappa shape index (κ1) is 16.9. The molecule has 0 aromatic heterocycles. The van der Waals surface area contributed by atoms with Crippen molar-refractivity contribution in [2.24, 2.45) is 0 Å². The zero-order valence-electron chi connectivity index (χ0n) is 12.5. The van der Waals surface area contributed by atoms with E-state index in [4.69, 9.17) is 9.47 Å². The van der Waals surface area contributed by atoms with Crippen LogP contribution in [0.25, 0.3) is 0 Å². The van der Waals surface area contributed by atoms with Gasteiger partial charge in [0.05, 0.1) is 6.10 Å². The van der Waals surface area contributed by atoms with Crippen LogP contribution in [0, 0.1) is 6.42 Å². The third-order valence-electron chi connectivity index (χ3n) is 3.63. The lowest BCUT2D eigenvalue weighted by Crippen LogP contribution is -2.22. The number of ether oxygens (including phenoxy) is 2. The highest BCUT2D eigenvalue weighted by Gasteiger charge is 2.13. The van der Waals surface area contributed by atoms with E-state index < -0.39 is 0 Å². The molecule has 0 saturated carbocycles. The highest BCUT2D eigenvalue weighted by molar-refractivity contribution is 4.64. The van der Waals surface area contributed by atoms with Gasteiger partial charge in [-0.15, -0.1) is 0 Å². The van der Waals surface area contributed by atoms with Gasteiger partial charge in [-0.3, -0.25) is 0 Å². The van der Waals surface area contributed by atoms with Gasteiger partial charge in [0, 0.05) is 13.2 Å². The van der Waals surface area contributed by atoms with Gasteiger partial charge in [0.2, 0.25) is 0 Å². The van der Waals surface area contributed by atoms with Gasteiger partial charge >= 0.3 is 0 Å². The van der Waals surface area contributed by atoms with Crippen LogP contribution in [-0.4, -0.2) is 30.7 Å². The van der Waals surface area contributed by atoms with Crippen molar-refractivity contribution in [1.82, 2.24) is 0 Å². The summed E-state index contributed by atoms with van der Waals surface area (Å²) in [5.41, 5.74) is 0. The zero-order valence-corrected chi connectivity index (χ0v) is 12.5. The molecule has 19 heavy (non-hydrogen) atoms. The van der Waals surface area contributed by atoms with Crippen molar-refractivity contribution in [3.8, 4) is 0 Å². The molecule has 2 atom stereocenters. The third-order valence-corrected chi connectivity index (χ3v) is 3.63. The van der Waals surface area contributed by atoms with Gasteiger partial charge in [-0.25, -0.2) is 0 Å². The van der Waals surface area contributed by atoms with Gasteiger partial charge in [-0.1, -0.05) is 32.6 Å². The Hall–Kier alpha value is -0.120. The van der Waals surface area contributed by atoms with Crippen LogP contribution < -0.4 is 0 Å². The fourth-order valence-electron chi connectivity index (χ4n) is 2.46. The van der Waals surface area contributed by atoms with Crippen LogP contribution in [0.5, 0.6) is 0 Å². The van der Waals surface area contributed by atoms with Gasteiger partial charge in [0.25, 0.3) is 0 Å². The van der Waals surface area contributed by atoms with Gasteiger partial charge in [-0.05, 0) is 44.9 Å². The molecule has 0 aromatic carbocycles. The standard InChI is InChI=1S/C16H31O3/c1-2-10-15(17)11-6-4-3-5-8-13-18-16-12-7-9-14-19-16/h2,15-17H,3-14H2,1H3. The number of rotatable bonds is 11. The average Bonchev–Trinajstić information content (AvgIpc) is 2.43. The van der Waals surface area contributed by atoms with Gasteiger partial charge in [0.15, 0.2) is 6.29 Å². The Morgan fingerprint density at radius 1 is 1.21 bits per heavy atom. The molecule has 1 fully saturated rings. The summed E-state index contributed by atoms with van der Waals surface area (Å²) < 4.78 is 11.2. The SMILES string of the molecule is C[CH]CC(O)CCCCCCCOC1CCCCO1. The molecule has 3 nitrogen and oxygen atoms in total. The third kappa shape index (κ3) is 9.42. The molecule has 1 aliphatic heterocycles. The normalized spacial score (nSPS) is 21.5. The Balaban J connectivity index is 1.78. The smallest absolute Gasteiger partial charge is 0.157 e. The molecule has 1 aliphatic rings. The van der Waals surface area contributed by atoms with Crippen LogP contribution in [-0.2, 0) is 9.47 Å². The minimum absolute atomic E-state index is 0.0641. The van der Waals surface area contributed by atoms with E-state index in [1.54, 1.807) is 0 Å². The number of hydrogen-bond donors (Lipinski definition) is 1. The number of hydrogen-bond acceptors (Lipinski definition) is 3. The molecular weight excluding hydrogens is 240 g/mol. The maximum absolute atomic E-state index is 9.57. The van der Waals surface area contributed by atoms with Crippen LogP contribution >= 0.6 is 0 Å². The van der Waals surface area contributed by atoms with Crippen molar-refractivity contribution < 1.29 is 14.6 Å². The summed E-state index contributed by atoms with van der Waals surface area (Å²) >= 11 is 0. The highest BCUT2D eigenvalue weighted by Crippen LogP contribution is 2.15. The number of unbranched alkanes of at least 4 members (excludes halogenated alkanes) is 4. The van der Waals surface area contributed by atoms with Crippen molar-refractivity contribution in [3.05, 3.63) is 6.42 Å². The maximum atomic E-state index is 9.57. The average molecular weight is 271 g/mol. The van der Waals surface area contributed by atoms with E-state index in [9.17, 15) is 5.11 Å². The van der Waals surface area contributed by atoms with E-state index in [0.717, 1.165) is 45.3 Å². The molecule has 3 heteroatoms. The highest BCUT2D eigenvalue weighted by atomic mass is 16.7. The summed E-state index contributed by atoms with van der Waals surface area (Å²) in [6.07, 6.45) is 13.2. The Bertz CT molecular complexity index is 190. The first-order valence-electron chi connectivity index (χ1n) is 8.02. The minimum atomic E-state index is -0.128. The first-order valence-corrected chi connectivity index (χ1v) is 8.02. The largest absolute Gasteiger partial charge is 0.393 e. The van der Waals surface area contributed by atoms with Crippen molar-refractivity contribution in [2.75, 3.05) is 13.2 Å². The molecule has 2 unspecified atom stereocenters. The molecule has 1 radical (unpaired) electrons. The molecule has 0 aromatic rings. The molecule has 113 valence electrons. The van der Waals surface area contributed by atoms with Crippen LogP contribution in [0.4, 0.5) is 0 Å². The lowest BCUT2D eigenvalue weighted by molar-refractivity contribution is -0.162. The molecule has 1 heterocycles. The van der Waals surface area contributed by atoms with Crippen molar-refractivity contribution in [2.45, 2.75) is 83.5 Å². The molecule has 0 spiro atoms. The van der Waals surface area contributed by atoms with Crippen LogP contribution in [0.3, 0.4) is 0 Å². The first-order chi connectivity index (χ1) is 9.33. The second-order valence-electron chi connectivity index (χ2n) is 5.52. The number of aliphatic hydroxyl groups excluding tert-OH is 1. The predicted octanol–water partition coefficient (Wildman–Crippen LogP) is 3.85. The van der Waals surface area contributed by atoms with Crippen molar-refractivity contribution in [1.29, 1.82) is 0 Å². The van der Waals surface area contributed by atoms with E-state index in [1.807, 2.05) is 13.3 Å². The zero-order chi connectivity index (χ0) is 13.8. The Kier molecular flexibility index (Phi) is 10.4. The summed E-state index contributed by atoms with van der Waals surface area (Å²) in [4.78, 5) is 0. The number of aliphatic hydroxyl groups is 1. The summed E-state index contributed by atoms with van der Waals surface area (Å²) in [6.45, 7) is 3.69. The molecule has 0 bridgehead atoms. The summed E-state index contributed by atoms with van der Waals surface area (Å²) in [7, 11) is 0. The molecular formula is C16H31O3. The predicted molar refractivity (Wildman–Crippen MR) is 77.8 cm³/mol. The molecule has 0 amide bonds. The van der Waals surface area contributed by atoms with Gasteiger partial charge < -0.3 is 14.6 Å². The quantitative estimate of drug-likeness (QED) is 0.580. The molecule has 1 rings (SSSR count).